The van der Waals surface area contributed by atoms with Gasteiger partial charge in [0.2, 0.25) is 5.88 Å². The van der Waals surface area contributed by atoms with Gasteiger partial charge in [-0.25, -0.2) is 4.98 Å². The first-order valence-electron chi connectivity index (χ1n) is 5.92. The monoisotopic (exact) mass is 252 g/mol. The molecule has 5 nitrogen and oxygen atoms in total. The Bertz CT molecular complexity index is 425. The molecule has 0 bridgehead atoms. The Hall–Kier alpha value is -1.65. The van der Waals surface area contributed by atoms with E-state index in [-0.39, 0.29) is 11.8 Å². The molecule has 5 heteroatoms. The maximum Gasteiger partial charge on any atom is 0.303 e. The van der Waals surface area contributed by atoms with Gasteiger partial charge in [0, 0.05) is 24.6 Å². The molecule has 0 spiro atoms. The van der Waals surface area contributed by atoms with E-state index in [1.165, 1.54) is 7.11 Å². The standard InChI is InChI=1S/C13H20N2O3/c1-13(2,3)7-10-14-8-9(5-6-11(16)17)12(15-10)18-4/h8H,5-7H2,1-4H3,(H,16,17). The number of carbonyl (C=O) groups is 1. The maximum absolute atomic E-state index is 10.5. The van der Waals surface area contributed by atoms with Gasteiger partial charge in [-0.3, -0.25) is 4.79 Å². The molecule has 18 heavy (non-hydrogen) atoms. The second-order valence-electron chi connectivity index (χ2n) is 5.45. The van der Waals surface area contributed by atoms with E-state index >= 15 is 0 Å². The minimum atomic E-state index is -0.837. The summed E-state index contributed by atoms with van der Waals surface area (Å²) < 4.78 is 5.19. The highest BCUT2D eigenvalue weighted by molar-refractivity contribution is 5.67. The molecule has 1 rings (SSSR count). The van der Waals surface area contributed by atoms with Crippen LogP contribution in [-0.4, -0.2) is 28.2 Å². The SMILES string of the molecule is COc1nc(CC(C)(C)C)ncc1CCC(=O)O. The number of aryl methyl sites for hydroxylation is 1. The van der Waals surface area contributed by atoms with Crippen LogP contribution < -0.4 is 4.74 Å². The zero-order chi connectivity index (χ0) is 13.8. The highest BCUT2D eigenvalue weighted by Crippen LogP contribution is 2.21. The highest BCUT2D eigenvalue weighted by atomic mass is 16.5. The van der Waals surface area contributed by atoms with Crippen LogP contribution in [0.4, 0.5) is 0 Å². The topological polar surface area (TPSA) is 72.3 Å². The molecular formula is C13H20N2O3. The van der Waals surface area contributed by atoms with E-state index in [9.17, 15) is 4.79 Å². The lowest BCUT2D eigenvalue weighted by Gasteiger charge is -2.17. The number of nitrogens with zero attached hydrogens (tertiary/aromatic N) is 2. The zero-order valence-corrected chi connectivity index (χ0v) is 11.4. The largest absolute Gasteiger partial charge is 0.481 e. The van der Waals surface area contributed by atoms with E-state index in [2.05, 4.69) is 30.7 Å². The van der Waals surface area contributed by atoms with Crippen LogP contribution in [0.25, 0.3) is 0 Å². The quantitative estimate of drug-likeness (QED) is 0.868. The van der Waals surface area contributed by atoms with Crippen LogP contribution >= 0.6 is 0 Å². The van der Waals surface area contributed by atoms with Gasteiger partial charge in [-0.1, -0.05) is 20.8 Å². The van der Waals surface area contributed by atoms with Gasteiger partial charge < -0.3 is 9.84 Å². The van der Waals surface area contributed by atoms with Crippen LogP contribution in [0.5, 0.6) is 5.88 Å². The zero-order valence-electron chi connectivity index (χ0n) is 11.4. The Balaban J connectivity index is 2.86. The number of carboxylic acid groups (broad SMARTS) is 1. The first-order chi connectivity index (χ1) is 8.31. The van der Waals surface area contributed by atoms with Gasteiger partial charge >= 0.3 is 5.97 Å². The molecule has 100 valence electrons. The van der Waals surface area contributed by atoms with E-state index in [1.54, 1.807) is 6.20 Å². The van der Waals surface area contributed by atoms with Gasteiger partial charge in [0.1, 0.15) is 5.82 Å². The maximum atomic E-state index is 10.5. The first-order valence-corrected chi connectivity index (χ1v) is 5.92. The lowest BCUT2D eigenvalue weighted by Crippen LogP contribution is -2.13. The minimum Gasteiger partial charge on any atom is -0.481 e. The Kier molecular flexibility index (Phi) is 4.64. The lowest BCUT2D eigenvalue weighted by atomic mass is 9.92. The van der Waals surface area contributed by atoms with Crippen molar-refractivity contribution in [3.05, 3.63) is 17.6 Å². The summed E-state index contributed by atoms with van der Waals surface area (Å²) in [5.41, 5.74) is 0.839. The molecule has 1 N–H and O–H groups in total. The van der Waals surface area contributed by atoms with Crippen LogP contribution in [0, 0.1) is 5.41 Å². The van der Waals surface area contributed by atoms with E-state index in [1.807, 2.05) is 0 Å². The second-order valence-corrected chi connectivity index (χ2v) is 5.45. The van der Waals surface area contributed by atoms with Gasteiger partial charge in [0.05, 0.1) is 7.11 Å². The minimum absolute atomic E-state index is 0.0539. The van der Waals surface area contributed by atoms with Crippen LogP contribution in [0.3, 0.4) is 0 Å². The van der Waals surface area contributed by atoms with Gasteiger partial charge in [-0.2, -0.15) is 4.98 Å². The molecule has 0 saturated carbocycles. The van der Waals surface area contributed by atoms with Gasteiger partial charge in [-0.15, -0.1) is 0 Å². The average Bonchev–Trinajstić information content (AvgIpc) is 2.24. The summed E-state index contributed by atoms with van der Waals surface area (Å²) in [6.07, 6.45) is 2.85. The van der Waals surface area contributed by atoms with E-state index in [4.69, 9.17) is 9.84 Å². The van der Waals surface area contributed by atoms with Crippen molar-refractivity contribution in [2.24, 2.45) is 5.41 Å². The summed E-state index contributed by atoms with van der Waals surface area (Å²) in [5.74, 6) is 0.361. The van der Waals surface area contributed by atoms with Gasteiger partial charge in [0.15, 0.2) is 0 Å². The van der Waals surface area contributed by atoms with Crippen LogP contribution in [0.1, 0.15) is 38.6 Å². The van der Waals surface area contributed by atoms with Crippen LogP contribution in [-0.2, 0) is 17.6 Å². The first kappa shape index (κ1) is 14.4. The fraction of sp³-hybridized carbons (Fsp3) is 0.615. The van der Waals surface area contributed by atoms with Crippen molar-refractivity contribution in [3.63, 3.8) is 0 Å². The smallest absolute Gasteiger partial charge is 0.303 e. The number of carboxylic acids is 1. The molecule has 0 aromatic carbocycles. The number of methoxy groups -OCH3 is 1. The molecule has 1 heterocycles. The van der Waals surface area contributed by atoms with E-state index in [0.29, 0.717) is 12.3 Å². The summed E-state index contributed by atoms with van der Waals surface area (Å²) in [6, 6.07) is 0. The molecule has 0 atom stereocenters. The second kappa shape index (κ2) is 5.80. The van der Waals surface area contributed by atoms with Crippen molar-refractivity contribution in [2.45, 2.75) is 40.0 Å². The van der Waals surface area contributed by atoms with E-state index in [0.717, 1.165) is 17.8 Å². The summed E-state index contributed by atoms with van der Waals surface area (Å²) in [4.78, 5) is 19.1. The number of rotatable bonds is 5. The fourth-order valence-electron chi connectivity index (χ4n) is 1.57. The van der Waals surface area contributed by atoms with E-state index < -0.39 is 5.97 Å². The third-order valence-electron chi connectivity index (χ3n) is 2.36. The highest BCUT2D eigenvalue weighted by Gasteiger charge is 2.15. The predicted molar refractivity (Wildman–Crippen MR) is 67.7 cm³/mol. The number of aromatic nitrogens is 2. The molecule has 1 aromatic rings. The Labute approximate surface area is 107 Å². The van der Waals surface area contributed by atoms with Crippen molar-refractivity contribution in [3.8, 4) is 5.88 Å². The third kappa shape index (κ3) is 4.69. The summed E-state index contributed by atoms with van der Waals surface area (Å²) in [7, 11) is 1.54. The fourth-order valence-corrected chi connectivity index (χ4v) is 1.57. The average molecular weight is 252 g/mol. The molecule has 0 saturated heterocycles. The molecule has 0 fully saturated rings. The number of hydrogen-bond acceptors (Lipinski definition) is 4. The Morgan fingerprint density at radius 3 is 2.61 bits per heavy atom. The third-order valence-corrected chi connectivity index (χ3v) is 2.36. The molecule has 1 aromatic heterocycles. The van der Waals surface area contributed by atoms with Crippen LogP contribution in [0.15, 0.2) is 6.20 Å². The number of aliphatic carboxylic acids is 1. The molecule has 0 aliphatic heterocycles. The number of ether oxygens (including phenoxy) is 1. The van der Waals surface area contributed by atoms with Crippen molar-refractivity contribution < 1.29 is 14.6 Å². The van der Waals surface area contributed by atoms with Crippen molar-refractivity contribution >= 4 is 5.97 Å². The molecule has 0 amide bonds. The number of hydrogen-bond donors (Lipinski definition) is 1. The van der Waals surface area contributed by atoms with Crippen LogP contribution in [0.2, 0.25) is 0 Å². The molecule has 0 unspecified atom stereocenters. The summed E-state index contributed by atoms with van der Waals surface area (Å²) in [6.45, 7) is 6.34. The Morgan fingerprint density at radius 2 is 2.11 bits per heavy atom. The van der Waals surface area contributed by atoms with Gasteiger partial charge in [0.25, 0.3) is 0 Å². The Morgan fingerprint density at radius 1 is 1.44 bits per heavy atom. The van der Waals surface area contributed by atoms with Gasteiger partial charge in [-0.05, 0) is 11.8 Å². The van der Waals surface area contributed by atoms with Crippen molar-refractivity contribution in [1.29, 1.82) is 0 Å². The molecule has 0 aliphatic rings. The summed E-state index contributed by atoms with van der Waals surface area (Å²) >= 11 is 0. The lowest BCUT2D eigenvalue weighted by molar-refractivity contribution is -0.136. The molecule has 0 radical (unpaired) electrons. The van der Waals surface area contributed by atoms with Crippen molar-refractivity contribution in [1.82, 2.24) is 9.97 Å². The normalized spacial score (nSPS) is 11.3. The predicted octanol–water partition coefficient (Wildman–Crippen LogP) is 2.09. The van der Waals surface area contributed by atoms with Crippen molar-refractivity contribution in [2.75, 3.05) is 7.11 Å². The summed E-state index contributed by atoms with van der Waals surface area (Å²) in [5, 5.41) is 8.66. The molecule has 0 aliphatic carbocycles. The molecular weight excluding hydrogens is 232 g/mol.